The van der Waals surface area contributed by atoms with Crippen molar-refractivity contribution in [3.63, 3.8) is 0 Å². The summed E-state index contributed by atoms with van der Waals surface area (Å²) < 4.78 is 2.58. The molecule has 0 atom stereocenters. The number of hydrogen-bond donors (Lipinski definition) is 0. The molecule has 466 valence electrons. The highest BCUT2D eigenvalue weighted by molar-refractivity contribution is 7.00. The number of rotatable bonds is 10. The van der Waals surface area contributed by atoms with Crippen LogP contribution in [-0.4, -0.2) is 11.3 Å². The predicted molar refractivity (Wildman–Crippen MR) is 418 cm³/mol. The fourth-order valence-electron chi connectivity index (χ4n) is 17.0. The molecule has 3 nitrogen and oxygen atoms in total. The lowest BCUT2D eigenvalue weighted by atomic mass is 9.33. The van der Waals surface area contributed by atoms with Crippen LogP contribution in [-0.2, 0) is 10.8 Å². The van der Waals surface area contributed by atoms with Crippen molar-refractivity contribution in [1.29, 1.82) is 0 Å². The molecule has 4 heteroatoms. The van der Waals surface area contributed by atoms with E-state index >= 15 is 0 Å². The summed E-state index contributed by atoms with van der Waals surface area (Å²) >= 11 is 0. The molecule has 99 heavy (non-hydrogen) atoms. The van der Waals surface area contributed by atoms with Gasteiger partial charge >= 0.3 is 0 Å². The molecule has 0 bridgehead atoms. The van der Waals surface area contributed by atoms with E-state index in [0.29, 0.717) is 0 Å². The Labute approximate surface area is 579 Å². The number of benzene rings is 15. The molecule has 16 aromatic rings. The Morgan fingerprint density at radius 3 is 1.26 bits per heavy atom. The third-order valence-electron chi connectivity index (χ3n) is 21.4. The van der Waals surface area contributed by atoms with E-state index in [0.717, 1.165) is 89.7 Å². The van der Waals surface area contributed by atoms with Gasteiger partial charge in [0.2, 0.25) is 0 Å². The average molecular weight is 1260 g/mol. The molecule has 3 heterocycles. The first kappa shape index (κ1) is 58.1. The SMILES string of the molecule is CC(C)(C)c1cc2c3c(c1)N(c1c(-c4ccccc4)cccc1-c1ccccc1)c1cc(-n4c5ccccc5c5cc6c(cc54)C(c4ccccc4)(c4ccccc4)c4ccccc4-6)ccc1B3c1cc(-c3ccccc3)ccc1N2c1c(-c2ccccc2)cccc1-c1ccccc1. The van der Waals surface area contributed by atoms with Gasteiger partial charge in [-0.3, -0.25) is 0 Å². The molecule has 1 aliphatic carbocycles. The highest BCUT2D eigenvalue weighted by Crippen LogP contribution is 2.59. The number of hydrogen-bond acceptors (Lipinski definition) is 2. The number of aromatic nitrogens is 1. The van der Waals surface area contributed by atoms with Gasteiger partial charge in [-0.05, 0) is 143 Å². The maximum atomic E-state index is 2.71. The van der Waals surface area contributed by atoms with Crippen molar-refractivity contribution in [2.75, 3.05) is 9.80 Å². The van der Waals surface area contributed by atoms with Crippen LogP contribution in [0.25, 0.3) is 94.3 Å². The predicted octanol–water partition coefficient (Wildman–Crippen LogP) is 22.9. The number of fused-ring (bicyclic) bond motifs is 10. The molecule has 0 N–H and O–H groups in total. The second kappa shape index (κ2) is 23.0. The molecule has 0 saturated heterocycles. The van der Waals surface area contributed by atoms with Crippen molar-refractivity contribution in [3.8, 4) is 72.4 Å². The van der Waals surface area contributed by atoms with E-state index in [1.54, 1.807) is 0 Å². The quantitative estimate of drug-likeness (QED) is 0.126. The van der Waals surface area contributed by atoms with E-state index in [2.05, 4.69) is 393 Å². The zero-order chi connectivity index (χ0) is 65.9. The first-order valence-corrected chi connectivity index (χ1v) is 34.7. The van der Waals surface area contributed by atoms with E-state index in [1.165, 1.54) is 82.9 Å². The lowest BCUT2D eigenvalue weighted by Gasteiger charge is -2.46. The summed E-state index contributed by atoms with van der Waals surface area (Å²) in [5.74, 6) is 0. The van der Waals surface area contributed by atoms with Crippen molar-refractivity contribution in [2.24, 2.45) is 0 Å². The lowest BCUT2D eigenvalue weighted by Crippen LogP contribution is -2.61. The monoisotopic (exact) mass is 1260 g/mol. The number of para-hydroxylation sites is 3. The largest absolute Gasteiger partial charge is 0.310 e. The van der Waals surface area contributed by atoms with E-state index < -0.39 is 5.41 Å². The normalized spacial score (nSPS) is 13.2. The van der Waals surface area contributed by atoms with Gasteiger partial charge in [-0.15, -0.1) is 0 Å². The second-order valence-corrected chi connectivity index (χ2v) is 27.8. The van der Waals surface area contributed by atoms with E-state index in [-0.39, 0.29) is 12.1 Å². The van der Waals surface area contributed by atoms with Gasteiger partial charge in [-0.25, -0.2) is 0 Å². The molecule has 3 aliphatic rings. The van der Waals surface area contributed by atoms with Gasteiger partial charge < -0.3 is 14.4 Å². The first-order valence-electron chi connectivity index (χ1n) is 34.7. The topological polar surface area (TPSA) is 11.4 Å². The minimum atomic E-state index is -0.595. The Hall–Kier alpha value is -12.2. The molecule has 0 amide bonds. The molecule has 15 aromatic carbocycles. The summed E-state index contributed by atoms with van der Waals surface area (Å²) in [5.41, 5.74) is 33.5. The van der Waals surface area contributed by atoms with E-state index in [4.69, 9.17) is 0 Å². The minimum Gasteiger partial charge on any atom is -0.310 e. The van der Waals surface area contributed by atoms with Crippen LogP contribution >= 0.6 is 0 Å². The fraction of sp³-hybridized carbons (Fsp3) is 0.0526. The summed E-state index contributed by atoms with van der Waals surface area (Å²) in [6.07, 6.45) is 0. The van der Waals surface area contributed by atoms with Gasteiger partial charge in [0.05, 0.1) is 27.8 Å². The molecule has 0 saturated carbocycles. The van der Waals surface area contributed by atoms with Crippen molar-refractivity contribution in [1.82, 2.24) is 4.57 Å². The average Bonchev–Trinajstić information content (AvgIpc) is 1.67. The van der Waals surface area contributed by atoms with Crippen LogP contribution in [0.3, 0.4) is 0 Å². The highest BCUT2D eigenvalue weighted by atomic mass is 15.2. The summed E-state index contributed by atoms with van der Waals surface area (Å²) in [7, 11) is 0. The van der Waals surface area contributed by atoms with Crippen LogP contribution in [0.5, 0.6) is 0 Å². The standard InChI is InChI=1S/C95H68BN3/c1-94(2,3)71-58-89-91-90(59-71)99(93-75(66-37-17-7-18-38-66)49-30-50-76(93)67-39-19-8-20-40-67)88-60-72(97-85-52-28-26-46-78(85)80-61-79-77-45-25-27-51-81(77)95(82(79)62-87(80)97,69-41-21-9-22-42-69)70-43-23-10-24-44-70)54-55-83(88)96(91)84-57-68(63-31-11-4-12-32-63)53-56-86(84)98(89)92-73(64-33-13-5-14-34-64)47-29-48-74(92)65-35-15-6-16-36-65/h4-62H,1-3H3. The van der Waals surface area contributed by atoms with Crippen molar-refractivity contribution < 1.29 is 0 Å². The summed E-state index contributed by atoms with van der Waals surface area (Å²) in [6, 6.07) is 135. The number of anilines is 6. The zero-order valence-corrected chi connectivity index (χ0v) is 55.5. The highest BCUT2D eigenvalue weighted by Gasteiger charge is 2.48. The van der Waals surface area contributed by atoms with Crippen LogP contribution in [0.1, 0.15) is 48.6 Å². The maximum Gasteiger partial charge on any atom is 0.252 e. The first-order chi connectivity index (χ1) is 48.8. The van der Waals surface area contributed by atoms with E-state index in [1.807, 2.05) is 0 Å². The molecule has 19 rings (SSSR count). The smallest absolute Gasteiger partial charge is 0.252 e. The van der Waals surface area contributed by atoms with Gasteiger partial charge in [0, 0.05) is 61.5 Å². The molecule has 0 spiro atoms. The Balaban J connectivity index is 0.958. The fourth-order valence-corrected chi connectivity index (χ4v) is 17.0. The minimum absolute atomic E-state index is 0.218. The molecule has 1 aromatic heterocycles. The third-order valence-corrected chi connectivity index (χ3v) is 21.4. The molecule has 0 radical (unpaired) electrons. The van der Waals surface area contributed by atoms with Crippen molar-refractivity contribution >= 4 is 79.0 Å². The molecular weight excluding hydrogens is 1190 g/mol. The Bertz CT molecular complexity index is 5670. The van der Waals surface area contributed by atoms with Gasteiger partial charge in [0.15, 0.2) is 0 Å². The van der Waals surface area contributed by atoms with Gasteiger partial charge in [-0.2, -0.15) is 0 Å². The van der Waals surface area contributed by atoms with Gasteiger partial charge in [-0.1, -0.05) is 330 Å². The van der Waals surface area contributed by atoms with Crippen LogP contribution in [0, 0.1) is 0 Å². The molecule has 2 aliphatic heterocycles. The van der Waals surface area contributed by atoms with Gasteiger partial charge in [0.25, 0.3) is 6.71 Å². The van der Waals surface area contributed by atoms with Crippen LogP contribution < -0.4 is 26.2 Å². The molecule has 0 unspecified atom stereocenters. The second-order valence-electron chi connectivity index (χ2n) is 27.8. The third kappa shape index (κ3) is 9.06. The van der Waals surface area contributed by atoms with Crippen LogP contribution in [0.4, 0.5) is 34.1 Å². The lowest BCUT2D eigenvalue weighted by molar-refractivity contribution is 0.590. The molecular formula is C95H68BN3. The number of nitrogens with zero attached hydrogens (tertiary/aromatic N) is 3. The summed E-state index contributed by atoms with van der Waals surface area (Å²) in [6.45, 7) is 6.93. The Morgan fingerprint density at radius 2 is 0.737 bits per heavy atom. The summed E-state index contributed by atoms with van der Waals surface area (Å²) in [4.78, 5) is 5.37. The Kier molecular flexibility index (Phi) is 13.5. The van der Waals surface area contributed by atoms with Gasteiger partial charge in [0.1, 0.15) is 0 Å². The molecule has 0 fully saturated rings. The van der Waals surface area contributed by atoms with Crippen molar-refractivity contribution in [3.05, 3.63) is 386 Å². The van der Waals surface area contributed by atoms with Crippen LogP contribution in [0.15, 0.2) is 358 Å². The van der Waals surface area contributed by atoms with Crippen molar-refractivity contribution in [2.45, 2.75) is 31.6 Å². The van der Waals surface area contributed by atoms with E-state index in [9.17, 15) is 0 Å². The zero-order valence-electron chi connectivity index (χ0n) is 55.5. The summed E-state index contributed by atoms with van der Waals surface area (Å²) in [5, 5.41) is 2.43. The van der Waals surface area contributed by atoms with Crippen LogP contribution in [0.2, 0.25) is 0 Å². The Morgan fingerprint density at radius 1 is 0.283 bits per heavy atom. The maximum absolute atomic E-state index is 2.71.